The van der Waals surface area contributed by atoms with Crippen molar-refractivity contribution in [2.24, 2.45) is 5.73 Å². The first kappa shape index (κ1) is 17.3. The van der Waals surface area contributed by atoms with E-state index in [1.165, 1.54) is 30.7 Å². The summed E-state index contributed by atoms with van der Waals surface area (Å²) in [6.45, 7) is 1.93. The normalized spacial score (nSPS) is 13.3. The van der Waals surface area contributed by atoms with Crippen molar-refractivity contribution in [3.05, 3.63) is 36.2 Å². The highest BCUT2D eigenvalue weighted by atomic mass is 32.2. The quantitative estimate of drug-likeness (QED) is 0.816. The smallest absolute Gasteiger partial charge is 0.357 e. The maximum atomic E-state index is 12.8. The van der Waals surface area contributed by atoms with Crippen molar-refractivity contribution in [3.63, 3.8) is 0 Å². The number of esters is 1. The van der Waals surface area contributed by atoms with E-state index in [0.29, 0.717) is 10.8 Å². The van der Waals surface area contributed by atoms with Gasteiger partial charge in [0.05, 0.1) is 12.0 Å². The van der Waals surface area contributed by atoms with Gasteiger partial charge >= 0.3 is 5.97 Å². The van der Waals surface area contributed by atoms with Crippen LogP contribution in [0, 0.1) is 0 Å². The number of nitrogens with two attached hydrogens (primary N) is 1. The molecule has 124 valence electrons. The van der Waals surface area contributed by atoms with Gasteiger partial charge in [-0.2, -0.15) is 4.31 Å². The Kier molecular flexibility index (Phi) is 4.98. The van der Waals surface area contributed by atoms with Gasteiger partial charge in [-0.1, -0.05) is 12.1 Å². The molecule has 8 heteroatoms. The number of aromatic nitrogens is 1. The van der Waals surface area contributed by atoms with Crippen molar-refractivity contribution in [3.8, 4) is 0 Å². The van der Waals surface area contributed by atoms with E-state index in [9.17, 15) is 13.2 Å². The minimum atomic E-state index is -3.75. The van der Waals surface area contributed by atoms with Crippen LogP contribution in [0.4, 0.5) is 0 Å². The highest BCUT2D eigenvalue weighted by Gasteiger charge is 2.27. The van der Waals surface area contributed by atoms with Gasteiger partial charge in [0.15, 0.2) is 5.69 Å². The Bertz CT molecular complexity index is 836. The highest BCUT2D eigenvalue weighted by Crippen LogP contribution is 2.27. The van der Waals surface area contributed by atoms with Crippen LogP contribution in [0.3, 0.4) is 0 Å². The fourth-order valence-corrected chi connectivity index (χ4v) is 3.78. The van der Waals surface area contributed by atoms with Gasteiger partial charge in [0, 0.05) is 36.6 Å². The molecular weight excluding hydrogens is 318 g/mol. The molecule has 0 fully saturated rings. The fourth-order valence-electron chi connectivity index (χ4n) is 2.20. The van der Waals surface area contributed by atoms with E-state index in [1.54, 1.807) is 25.1 Å². The lowest BCUT2D eigenvalue weighted by atomic mass is 10.1. The number of hydrogen-bond acceptors (Lipinski definition) is 6. The van der Waals surface area contributed by atoms with Crippen molar-refractivity contribution >= 4 is 26.8 Å². The Labute approximate surface area is 135 Å². The van der Waals surface area contributed by atoms with Crippen molar-refractivity contribution in [2.45, 2.75) is 17.9 Å². The summed E-state index contributed by atoms with van der Waals surface area (Å²) in [5, 5.41) is 0.841. The Balaban J connectivity index is 2.70. The van der Waals surface area contributed by atoms with Gasteiger partial charge in [0.1, 0.15) is 0 Å². The third-order valence-electron chi connectivity index (χ3n) is 3.76. The number of nitrogens with zero attached hydrogens (tertiary/aromatic N) is 2. The number of benzene rings is 1. The zero-order valence-corrected chi connectivity index (χ0v) is 14.0. The van der Waals surface area contributed by atoms with E-state index in [1.807, 2.05) is 0 Å². The SMILES string of the molecule is COC(=O)c1nccc2c(S(=O)(=O)N(C)C(C)CN)cccc12. The zero-order chi connectivity index (χ0) is 17.2. The Hall–Kier alpha value is -2.03. The van der Waals surface area contributed by atoms with Gasteiger partial charge in [-0.3, -0.25) is 0 Å². The molecule has 1 aromatic carbocycles. The largest absolute Gasteiger partial charge is 0.464 e. The number of rotatable bonds is 5. The summed E-state index contributed by atoms with van der Waals surface area (Å²) in [6.07, 6.45) is 1.39. The van der Waals surface area contributed by atoms with Crippen molar-refractivity contribution < 1.29 is 17.9 Å². The van der Waals surface area contributed by atoms with Gasteiger partial charge < -0.3 is 10.5 Å². The van der Waals surface area contributed by atoms with Crippen molar-refractivity contribution in [1.29, 1.82) is 0 Å². The van der Waals surface area contributed by atoms with Crippen LogP contribution in [0.25, 0.3) is 10.8 Å². The average Bonchev–Trinajstić information content (AvgIpc) is 2.58. The topological polar surface area (TPSA) is 103 Å². The van der Waals surface area contributed by atoms with Gasteiger partial charge in [-0.05, 0) is 19.1 Å². The predicted octanol–water partition coefficient (Wildman–Crippen LogP) is 0.989. The summed E-state index contributed by atoms with van der Waals surface area (Å²) >= 11 is 0. The highest BCUT2D eigenvalue weighted by molar-refractivity contribution is 7.89. The molecule has 23 heavy (non-hydrogen) atoms. The Morgan fingerprint density at radius 3 is 2.65 bits per heavy atom. The lowest BCUT2D eigenvalue weighted by Crippen LogP contribution is -2.39. The molecule has 2 rings (SSSR count). The number of sulfonamides is 1. The van der Waals surface area contributed by atoms with E-state index < -0.39 is 16.0 Å². The molecular formula is C15H19N3O4S. The number of hydrogen-bond donors (Lipinski definition) is 1. The number of ether oxygens (including phenoxy) is 1. The van der Waals surface area contributed by atoms with Gasteiger partial charge in [-0.15, -0.1) is 0 Å². The van der Waals surface area contributed by atoms with Crippen LogP contribution in [-0.2, 0) is 14.8 Å². The van der Waals surface area contributed by atoms with Crippen LogP contribution >= 0.6 is 0 Å². The molecule has 2 N–H and O–H groups in total. The maximum absolute atomic E-state index is 12.8. The lowest BCUT2D eigenvalue weighted by molar-refractivity contribution is 0.0596. The summed E-state index contributed by atoms with van der Waals surface area (Å²) in [4.78, 5) is 15.9. The monoisotopic (exact) mass is 337 g/mol. The van der Waals surface area contributed by atoms with Crippen LogP contribution in [0.5, 0.6) is 0 Å². The third-order valence-corrected chi connectivity index (χ3v) is 5.79. The molecule has 0 radical (unpaired) electrons. The molecule has 0 amide bonds. The molecule has 1 heterocycles. The second kappa shape index (κ2) is 6.61. The molecule has 1 atom stereocenters. The van der Waals surface area contributed by atoms with Crippen molar-refractivity contribution in [2.75, 3.05) is 20.7 Å². The number of methoxy groups -OCH3 is 1. The van der Waals surface area contributed by atoms with Gasteiger partial charge in [0.25, 0.3) is 0 Å². The molecule has 2 aromatic rings. The minimum absolute atomic E-state index is 0.0802. The molecule has 1 unspecified atom stereocenters. The number of likely N-dealkylation sites (N-methyl/N-ethyl adjacent to an activating group) is 1. The van der Waals surface area contributed by atoms with Crippen LogP contribution in [0.15, 0.2) is 35.4 Å². The predicted molar refractivity (Wildman–Crippen MR) is 86.5 cm³/mol. The summed E-state index contributed by atoms with van der Waals surface area (Å²) in [6, 6.07) is 5.93. The first-order valence-corrected chi connectivity index (χ1v) is 8.42. The summed E-state index contributed by atoms with van der Waals surface area (Å²) in [5.41, 5.74) is 5.65. The number of fused-ring (bicyclic) bond motifs is 1. The van der Waals surface area contributed by atoms with Crippen LogP contribution in [0.1, 0.15) is 17.4 Å². The van der Waals surface area contributed by atoms with E-state index in [-0.39, 0.29) is 23.2 Å². The molecule has 0 bridgehead atoms. The minimum Gasteiger partial charge on any atom is -0.464 e. The van der Waals surface area contributed by atoms with Crippen LogP contribution in [0.2, 0.25) is 0 Å². The third kappa shape index (κ3) is 3.05. The fraction of sp³-hybridized carbons (Fsp3) is 0.333. The number of carbonyl (C=O) groups is 1. The lowest BCUT2D eigenvalue weighted by Gasteiger charge is -2.23. The van der Waals surface area contributed by atoms with E-state index in [4.69, 9.17) is 10.5 Å². The van der Waals surface area contributed by atoms with Gasteiger partial charge in [0.2, 0.25) is 10.0 Å². The van der Waals surface area contributed by atoms with E-state index >= 15 is 0 Å². The number of carbonyl (C=O) groups excluding carboxylic acids is 1. The second-order valence-electron chi connectivity index (χ2n) is 5.11. The Morgan fingerprint density at radius 2 is 2.04 bits per heavy atom. The summed E-state index contributed by atoms with van der Waals surface area (Å²) < 4.78 is 31.6. The average molecular weight is 337 g/mol. The van der Waals surface area contributed by atoms with Crippen molar-refractivity contribution in [1.82, 2.24) is 9.29 Å². The van der Waals surface area contributed by atoms with E-state index in [2.05, 4.69) is 4.98 Å². The molecule has 7 nitrogen and oxygen atoms in total. The first-order valence-electron chi connectivity index (χ1n) is 6.98. The first-order chi connectivity index (χ1) is 10.8. The Morgan fingerprint density at radius 1 is 1.35 bits per heavy atom. The zero-order valence-electron chi connectivity index (χ0n) is 13.2. The molecule has 0 aliphatic heterocycles. The molecule has 0 saturated carbocycles. The molecule has 0 saturated heterocycles. The summed E-state index contributed by atoms with van der Waals surface area (Å²) in [5.74, 6) is -0.617. The second-order valence-corrected chi connectivity index (χ2v) is 7.07. The molecule has 0 aliphatic carbocycles. The van der Waals surface area contributed by atoms with E-state index in [0.717, 1.165) is 0 Å². The standard InChI is InChI=1S/C15H19N3O4S/c1-10(9-16)18(2)23(20,21)13-6-4-5-12-11(13)7-8-17-14(12)15(19)22-3/h4-8,10H,9,16H2,1-3H3. The molecule has 0 spiro atoms. The van der Waals surface area contributed by atoms with Crippen LogP contribution in [-0.4, -0.2) is 50.4 Å². The summed E-state index contributed by atoms with van der Waals surface area (Å²) in [7, 11) is -1.02. The maximum Gasteiger partial charge on any atom is 0.357 e. The van der Waals surface area contributed by atoms with Crippen LogP contribution < -0.4 is 5.73 Å². The molecule has 0 aliphatic rings. The van der Waals surface area contributed by atoms with Gasteiger partial charge in [-0.25, -0.2) is 18.2 Å². The number of pyridine rings is 1. The molecule has 1 aromatic heterocycles.